The molecule has 0 spiro atoms. The van der Waals surface area contributed by atoms with Gasteiger partial charge in [-0.3, -0.25) is 0 Å². The van der Waals surface area contributed by atoms with Crippen molar-refractivity contribution in [2.24, 2.45) is 0 Å². The van der Waals surface area contributed by atoms with Crippen LogP contribution in [0.3, 0.4) is 0 Å². The van der Waals surface area contributed by atoms with E-state index < -0.39 is 36.2 Å². The fraction of sp³-hybridized carbons (Fsp3) is 0.667. The maximum atomic E-state index is 11.6. The van der Waals surface area contributed by atoms with Crippen LogP contribution in [-0.4, -0.2) is 36.2 Å². The summed E-state index contributed by atoms with van der Waals surface area (Å²) in [7, 11) is 0. The maximum Gasteiger partial charge on any atom is 0.490 e. The fourth-order valence-corrected chi connectivity index (χ4v) is 1.29. The van der Waals surface area contributed by atoms with Crippen LogP contribution < -0.4 is 0 Å². The predicted molar refractivity (Wildman–Crippen MR) is 50.3 cm³/mol. The molecule has 5 nitrogen and oxygen atoms in total. The van der Waals surface area contributed by atoms with Gasteiger partial charge in [0, 0.05) is 24.1 Å². The molecule has 0 aromatic carbocycles. The molecule has 0 rings (SSSR count). The highest BCUT2D eigenvalue weighted by Crippen LogP contribution is 2.21. The van der Waals surface area contributed by atoms with Crippen LogP contribution in [0.5, 0.6) is 0 Å². The minimum atomic E-state index is -5.14. The Morgan fingerprint density at radius 3 is 1.37 bits per heavy atom. The second-order valence-electron chi connectivity index (χ2n) is 2.40. The van der Waals surface area contributed by atoms with Gasteiger partial charge in [0.1, 0.15) is 0 Å². The summed E-state index contributed by atoms with van der Waals surface area (Å²) in [5.41, 5.74) is 0. The molecule has 0 saturated heterocycles. The van der Waals surface area contributed by atoms with Gasteiger partial charge in [-0.25, -0.2) is 13.2 Å². The zero-order chi connectivity index (χ0) is 15.1. The van der Waals surface area contributed by atoms with Gasteiger partial charge in [-0.1, -0.05) is 0 Å². The molecule has 0 unspecified atom stereocenters. The third-order valence-electron chi connectivity index (χ3n) is 1.04. The van der Waals surface area contributed by atoms with Crippen molar-refractivity contribution in [3.63, 3.8) is 0 Å². The number of carbonyl (C=O) groups is 2. The van der Waals surface area contributed by atoms with E-state index >= 15 is 0 Å². The van der Waals surface area contributed by atoms with Gasteiger partial charge in [0.15, 0.2) is 11.9 Å². The minimum absolute atomic E-state index is 0.204. The van der Waals surface area contributed by atoms with Crippen LogP contribution in [0.1, 0.15) is 0 Å². The molecule has 0 aromatic rings. The lowest BCUT2D eigenvalue weighted by Crippen LogP contribution is -2.25. The van der Waals surface area contributed by atoms with Crippen molar-refractivity contribution in [3.8, 4) is 0 Å². The number of hydrogen-bond donors (Lipinski definition) is 0. The second kappa shape index (κ2) is 7.69. The normalized spacial score (nSPS) is 12.1. The van der Waals surface area contributed by atoms with Gasteiger partial charge in [0.2, 0.25) is 0 Å². The van der Waals surface area contributed by atoms with Gasteiger partial charge in [-0.2, -0.15) is 26.3 Å². The quantitative estimate of drug-likeness (QED) is 0.243. The lowest BCUT2D eigenvalue weighted by molar-refractivity contribution is -0.197. The Bertz CT molecular complexity index is 286. The van der Waals surface area contributed by atoms with Crippen molar-refractivity contribution >= 4 is 36.0 Å². The summed E-state index contributed by atoms with van der Waals surface area (Å²) in [6.45, 7) is 0. The zero-order valence-electron chi connectivity index (χ0n) is 8.54. The van der Waals surface area contributed by atoms with E-state index in [-0.39, 0.29) is 24.1 Å². The zero-order valence-corrected chi connectivity index (χ0v) is 10.2. The van der Waals surface area contributed by atoms with E-state index in [1.807, 2.05) is 0 Å². The molecular weight excluding hydrogens is 330 g/mol. The van der Waals surface area contributed by atoms with Gasteiger partial charge in [-0.15, -0.1) is 0 Å². The van der Waals surface area contributed by atoms with Gasteiger partial charge in [0.05, 0.1) is 0 Å². The molecule has 0 aliphatic carbocycles. The third-order valence-corrected chi connectivity index (χ3v) is 2.23. The first-order valence-corrected chi connectivity index (χ1v) is 5.76. The number of esters is 2. The SMILES string of the molecule is O=C(OCSOSCOC(=O)C(F)(F)F)C(F)(F)F. The van der Waals surface area contributed by atoms with E-state index in [4.69, 9.17) is 0 Å². The third kappa shape index (κ3) is 8.83. The first-order valence-electron chi connectivity index (χ1n) is 3.94. The molecule has 0 aliphatic rings. The van der Waals surface area contributed by atoms with E-state index in [1.165, 1.54) is 0 Å². The average Bonchev–Trinajstić information content (AvgIpc) is 2.24. The van der Waals surface area contributed by atoms with Crippen LogP contribution in [0, 0.1) is 0 Å². The molecular formula is C6H4F6O5S2. The average molecular weight is 334 g/mol. The maximum absolute atomic E-state index is 11.6. The molecule has 0 N–H and O–H groups in total. The number of alkyl halides is 6. The van der Waals surface area contributed by atoms with Gasteiger partial charge in [-0.05, 0) is 0 Å². The Labute approximate surface area is 110 Å². The van der Waals surface area contributed by atoms with Crippen molar-refractivity contribution in [2.75, 3.05) is 11.9 Å². The van der Waals surface area contributed by atoms with Crippen molar-refractivity contribution in [2.45, 2.75) is 12.4 Å². The highest BCUT2D eigenvalue weighted by atomic mass is 32.2. The van der Waals surface area contributed by atoms with Crippen molar-refractivity contribution in [1.82, 2.24) is 0 Å². The van der Waals surface area contributed by atoms with Crippen molar-refractivity contribution < 1.29 is 49.0 Å². The molecule has 0 fully saturated rings. The van der Waals surface area contributed by atoms with Crippen LogP contribution in [0.4, 0.5) is 26.3 Å². The topological polar surface area (TPSA) is 61.8 Å². The summed E-state index contributed by atoms with van der Waals surface area (Å²) in [6.07, 6.45) is -10.3. The highest BCUT2D eigenvalue weighted by molar-refractivity contribution is 8.07. The van der Waals surface area contributed by atoms with E-state index in [2.05, 4.69) is 13.1 Å². The predicted octanol–water partition coefficient (Wildman–Crippen LogP) is 2.43. The van der Waals surface area contributed by atoms with E-state index in [9.17, 15) is 35.9 Å². The molecule has 13 heteroatoms. The van der Waals surface area contributed by atoms with Crippen molar-refractivity contribution in [3.05, 3.63) is 0 Å². The van der Waals surface area contributed by atoms with E-state index in [0.717, 1.165) is 0 Å². The summed E-state index contributed by atoms with van der Waals surface area (Å²) in [5, 5.41) is 0. The lowest BCUT2D eigenvalue weighted by Gasteiger charge is -2.07. The highest BCUT2D eigenvalue weighted by Gasteiger charge is 2.41. The summed E-state index contributed by atoms with van der Waals surface area (Å²) in [4.78, 5) is 20.3. The molecule has 0 radical (unpaired) electrons. The molecule has 0 aliphatic heterocycles. The largest absolute Gasteiger partial charge is 0.490 e. The van der Waals surface area contributed by atoms with Crippen LogP contribution in [0.2, 0.25) is 0 Å². The first kappa shape index (κ1) is 18.2. The minimum Gasteiger partial charge on any atom is -0.446 e. The number of hydrogen-bond acceptors (Lipinski definition) is 7. The standard InChI is InChI=1S/C6H4F6O5S2/c7-5(8,9)3(13)15-1-18-17-19-2-16-4(14)6(10,11)12/h1-2H2. The number of rotatable bonds is 6. The Hall–Kier alpha value is -0.820. The summed E-state index contributed by atoms with van der Waals surface area (Å²) >= 11 is 0.408. The van der Waals surface area contributed by atoms with Gasteiger partial charge in [0.25, 0.3) is 0 Å². The number of carbonyl (C=O) groups excluding carboxylic acids is 2. The molecule has 0 saturated carbocycles. The molecule has 0 atom stereocenters. The van der Waals surface area contributed by atoms with E-state index in [1.54, 1.807) is 0 Å². The number of ether oxygens (including phenoxy) is 2. The van der Waals surface area contributed by atoms with Crippen molar-refractivity contribution in [1.29, 1.82) is 0 Å². The summed E-state index contributed by atoms with van der Waals surface area (Å²) < 4.78 is 81.1. The summed E-state index contributed by atoms with van der Waals surface area (Å²) in [6, 6.07) is 0. The monoisotopic (exact) mass is 334 g/mol. The summed E-state index contributed by atoms with van der Waals surface area (Å²) in [5.74, 6) is -6.54. The smallest absolute Gasteiger partial charge is 0.446 e. The van der Waals surface area contributed by atoms with Crippen LogP contribution in [0.15, 0.2) is 0 Å². The lowest BCUT2D eigenvalue weighted by atomic mass is 10.7. The number of halogens is 6. The van der Waals surface area contributed by atoms with Crippen LogP contribution >= 0.6 is 24.1 Å². The second-order valence-corrected chi connectivity index (χ2v) is 3.89. The molecule has 0 heterocycles. The molecule has 19 heavy (non-hydrogen) atoms. The van der Waals surface area contributed by atoms with Gasteiger partial charge >= 0.3 is 24.3 Å². The Morgan fingerprint density at radius 2 is 1.11 bits per heavy atom. The molecule has 0 amide bonds. The van der Waals surface area contributed by atoms with Crippen LogP contribution in [0.25, 0.3) is 0 Å². The molecule has 0 aromatic heterocycles. The van der Waals surface area contributed by atoms with Gasteiger partial charge < -0.3 is 9.47 Å². The Balaban J connectivity index is 3.53. The van der Waals surface area contributed by atoms with E-state index in [0.29, 0.717) is 0 Å². The fourth-order valence-electron chi connectivity index (χ4n) is 0.392. The molecule has 112 valence electrons. The first-order chi connectivity index (χ1) is 8.55. The molecule has 0 bridgehead atoms. The Kier molecular flexibility index (Phi) is 7.36. The Morgan fingerprint density at radius 1 is 0.789 bits per heavy atom. The van der Waals surface area contributed by atoms with Crippen LogP contribution in [-0.2, 0) is 22.7 Å².